The molecular formula is C19H18N2O. The average Bonchev–Trinajstić information content (AvgIpc) is 2.54. The number of aryl methyl sites for hydroxylation is 1. The highest BCUT2D eigenvalue weighted by molar-refractivity contribution is 6.02. The number of carbonyl (C=O) groups excluding carboxylic acids is 1. The van der Waals surface area contributed by atoms with Gasteiger partial charge in [-0.2, -0.15) is 5.26 Å². The number of nitriles is 1. The summed E-state index contributed by atoms with van der Waals surface area (Å²) in [5.74, 6) is -0.359. The second kappa shape index (κ2) is 7.24. The molecular weight excluding hydrogens is 272 g/mol. The van der Waals surface area contributed by atoms with Gasteiger partial charge in [0, 0.05) is 0 Å². The first kappa shape index (κ1) is 15.5. The summed E-state index contributed by atoms with van der Waals surface area (Å²) in [6.45, 7) is 3.85. The van der Waals surface area contributed by atoms with Crippen molar-refractivity contribution < 1.29 is 4.79 Å². The lowest BCUT2D eigenvalue weighted by Crippen LogP contribution is -2.27. The zero-order valence-electron chi connectivity index (χ0n) is 12.7. The molecule has 2 aromatic carbocycles. The highest BCUT2D eigenvalue weighted by atomic mass is 16.1. The fourth-order valence-electron chi connectivity index (χ4n) is 2.15. The van der Waals surface area contributed by atoms with Gasteiger partial charge in [0.25, 0.3) is 5.91 Å². The molecule has 0 aromatic heterocycles. The molecule has 0 aliphatic rings. The van der Waals surface area contributed by atoms with Crippen LogP contribution in [0.4, 0.5) is 0 Å². The Morgan fingerprint density at radius 1 is 1.14 bits per heavy atom. The summed E-state index contributed by atoms with van der Waals surface area (Å²) in [5.41, 5.74) is 3.02. The van der Waals surface area contributed by atoms with Crippen molar-refractivity contribution in [2.75, 3.05) is 0 Å². The number of hydrogen-bond donors (Lipinski definition) is 1. The van der Waals surface area contributed by atoms with E-state index in [4.69, 9.17) is 0 Å². The molecule has 3 heteroatoms. The van der Waals surface area contributed by atoms with Crippen LogP contribution in [0, 0.1) is 18.3 Å². The lowest BCUT2D eigenvalue weighted by atomic mass is 10.0. The van der Waals surface area contributed by atoms with Crippen molar-refractivity contribution in [3.05, 3.63) is 76.9 Å². The molecule has 0 aliphatic heterocycles. The SMILES string of the molecule is Cc1ccccc1/C=C(/C#N)C(=O)N[C@H](C)c1ccccc1. The van der Waals surface area contributed by atoms with Crippen LogP contribution in [0.3, 0.4) is 0 Å². The van der Waals surface area contributed by atoms with Crippen molar-refractivity contribution in [1.82, 2.24) is 5.32 Å². The molecule has 1 N–H and O–H groups in total. The molecule has 0 bridgehead atoms. The maximum absolute atomic E-state index is 12.3. The normalized spacial score (nSPS) is 12.3. The predicted octanol–water partition coefficient (Wildman–Crippen LogP) is 3.78. The summed E-state index contributed by atoms with van der Waals surface area (Å²) in [4.78, 5) is 12.3. The number of amides is 1. The number of hydrogen-bond acceptors (Lipinski definition) is 2. The van der Waals surface area contributed by atoms with Gasteiger partial charge >= 0.3 is 0 Å². The van der Waals surface area contributed by atoms with Crippen molar-refractivity contribution in [3.63, 3.8) is 0 Å². The summed E-state index contributed by atoms with van der Waals surface area (Å²) in [6, 6.07) is 19.2. The van der Waals surface area contributed by atoms with Gasteiger partial charge in [0.1, 0.15) is 11.6 Å². The molecule has 0 radical (unpaired) electrons. The Morgan fingerprint density at radius 3 is 2.41 bits per heavy atom. The van der Waals surface area contributed by atoms with Gasteiger partial charge < -0.3 is 5.32 Å². The molecule has 0 saturated heterocycles. The van der Waals surface area contributed by atoms with E-state index in [-0.39, 0.29) is 17.5 Å². The highest BCUT2D eigenvalue weighted by Crippen LogP contribution is 2.15. The van der Waals surface area contributed by atoms with E-state index in [0.29, 0.717) is 0 Å². The number of rotatable bonds is 4. The molecule has 2 rings (SSSR count). The highest BCUT2D eigenvalue weighted by Gasteiger charge is 2.13. The summed E-state index contributed by atoms with van der Waals surface area (Å²) < 4.78 is 0. The minimum absolute atomic E-state index is 0.108. The second-order valence-electron chi connectivity index (χ2n) is 5.13. The third-order valence-corrected chi connectivity index (χ3v) is 3.50. The Balaban J connectivity index is 2.17. The van der Waals surface area contributed by atoms with E-state index in [1.807, 2.05) is 74.5 Å². The number of benzene rings is 2. The smallest absolute Gasteiger partial charge is 0.262 e. The third-order valence-electron chi connectivity index (χ3n) is 3.50. The molecule has 2 aromatic rings. The zero-order chi connectivity index (χ0) is 15.9. The quantitative estimate of drug-likeness (QED) is 0.688. The van der Waals surface area contributed by atoms with Crippen LogP contribution in [-0.2, 0) is 4.79 Å². The van der Waals surface area contributed by atoms with Gasteiger partial charge in [0.05, 0.1) is 6.04 Å². The van der Waals surface area contributed by atoms with Crippen molar-refractivity contribution >= 4 is 12.0 Å². The van der Waals surface area contributed by atoms with Crippen molar-refractivity contribution in [2.45, 2.75) is 19.9 Å². The Hall–Kier alpha value is -2.86. The number of nitrogens with zero attached hydrogens (tertiary/aromatic N) is 1. The Kier molecular flexibility index (Phi) is 5.11. The molecule has 0 fully saturated rings. The summed E-state index contributed by atoms with van der Waals surface area (Å²) in [7, 11) is 0. The summed E-state index contributed by atoms with van der Waals surface area (Å²) in [6.07, 6.45) is 1.63. The minimum Gasteiger partial charge on any atom is -0.345 e. The topological polar surface area (TPSA) is 52.9 Å². The van der Waals surface area contributed by atoms with E-state index in [9.17, 15) is 10.1 Å². The van der Waals surface area contributed by atoms with Crippen LogP contribution in [-0.4, -0.2) is 5.91 Å². The molecule has 22 heavy (non-hydrogen) atoms. The summed E-state index contributed by atoms with van der Waals surface area (Å²) >= 11 is 0. The molecule has 1 amide bonds. The largest absolute Gasteiger partial charge is 0.345 e. The fraction of sp³-hybridized carbons (Fsp3) is 0.158. The Labute approximate surface area is 130 Å². The average molecular weight is 290 g/mol. The van der Waals surface area contributed by atoms with Gasteiger partial charge in [-0.25, -0.2) is 0 Å². The second-order valence-corrected chi connectivity index (χ2v) is 5.13. The number of nitrogens with one attached hydrogen (secondary N) is 1. The molecule has 0 aliphatic carbocycles. The molecule has 1 atom stereocenters. The van der Waals surface area contributed by atoms with Gasteiger partial charge in [0.2, 0.25) is 0 Å². The third kappa shape index (κ3) is 3.83. The first-order chi connectivity index (χ1) is 10.6. The van der Waals surface area contributed by atoms with Crippen LogP contribution in [0.15, 0.2) is 60.2 Å². The van der Waals surface area contributed by atoms with Gasteiger partial charge in [-0.05, 0) is 36.6 Å². The Bertz CT molecular complexity index is 727. The first-order valence-corrected chi connectivity index (χ1v) is 7.15. The van der Waals surface area contributed by atoms with Crippen LogP contribution in [0.25, 0.3) is 6.08 Å². The Morgan fingerprint density at radius 2 is 1.77 bits per heavy atom. The van der Waals surface area contributed by atoms with Crippen LogP contribution < -0.4 is 5.32 Å². The molecule has 3 nitrogen and oxygen atoms in total. The monoisotopic (exact) mass is 290 g/mol. The van der Waals surface area contributed by atoms with Gasteiger partial charge in [-0.1, -0.05) is 54.6 Å². The van der Waals surface area contributed by atoms with Gasteiger partial charge in [-0.3, -0.25) is 4.79 Å². The van der Waals surface area contributed by atoms with Crippen LogP contribution in [0.2, 0.25) is 0 Å². The minimum atomic E-state index is -0.359. The van der Waals surface area contributed by atoms with Crippen molar-refractivity contribution in [3.8, 4) is 6.07 Å². The van der Waals surface area contributed by atoms with Crippen LogP contribution in [0.5, 0.6) is 0 Å². The first-order valence-electron chi connectivity index (χ1n) is 7.15. The lowest BCUT2D eigenvalue weighted by molar-refractivity contribution is -0.117. The van der Waals surface area contributed by atoms with E-state index in [1.54, 1.807) is 6.08 Å². The number of carbonyl (C=O) groups is 1. The molecule has 0 heterocycles. The summed E-state index contributed by atoms with van der Waals surface area (Å²) in [5, 5.41) is 12.1. The van der Waals surface area contributed by atoms with Gasteiger partial charge in [-0.15, -0.1) is 0 Å². The zero-order valence-corrected chi connectivity index (χ0v) is 12.7. The molecule has 110 valence electrons. The van der Waals surface area contributed by atoms with Gasteiger partial charge in [0.15, 0.2) is 0 Å². The van der Waals surface area contributed by atoms with Crippen LogP contribution >= 0.6 is 0 Å². The molecule has 0 spiro atoms. The van der Waals surface area contributed by atoms with E-state index in [2.05, 4.69) is 5.32 Å². The van der Waals surface area contributed by atoms with Crippen molar-refractivity contribution in [1.29, 1.82) is 5.26 Å². The van der Waals surface area contributed by atoms with Crippen LogP contribution in [0.1, 0.15) is 29.7 Å². The standard InChI is InChI=1S/C19H18N2O/c1-14-8-6-7-11-17(14)12-18(13-20)19(22)21-15(2)16-9-4-3-5-10-16/h3-12,15H,1-2H3,(H,21,22)/b18-12-/t15-/m1/s1. The van der Waals surface area contributed by atoms with E-state index in [1.165, 1.54) is 0 Å². The van der Waals surface area contributed by atoms with E-state index >= 15 is 0 Å². The fourth-order valence-corrected chi connectivity index (χ4v) is 2.15. The predicted molar refractivity (Wildman–Crippen MR) is 87.8 cm³/mol. The van der Waals surface area contributed by atoms with E-state index < -0.39 is 0 Å². The van der Waals surface area contributed by atoms with E-state index in [0.717, 1.165) is 16.7 Å². The lowest BCUT2D eigenvalue weighted by Gasteiger charge is -2.13. The van der Waals surface area contributed by atoms with Crippen molar-refractivity contribution in [2.24, 2.45) is 0 Å². The maximum Gasteiger partial charge on any atom is 0.262 e. The molecule has 0 saturated carbocycles. The molecule has 0 unspecified atom stereocenters. The maximum atomic E-state index is 12.3.